The van der Waals surface area contributed by atoms with E-state index in [1.807, 2.05) is 37.8 Å². The lowest BCUT2D eigenvalue weighted by atomic mass is 9.92. The van der Waals surface area contributed by atoms with Crippen LogP contribution < -0.4 is 11.1 Å². The van der Waals surface area contributed by atoms with Gasteiger partial charge in [0.15, 0.2) is 0 Å². The summed E-state index contributed by atoms with van der Waals surface area (Å²) in [7, 11) is 0. The molecule has 1 aromatic rings. The van der Waals surface area contributed by atoms with E-state index in [1.165, 1.54) is 0 Å². The van der Waals surface area contributed by atoms with Crippen molar-refractivity contribution in [1.82, 2.24) is 9.88 Å². The lowest BCUT2D eigenvalue weighted by molar-refractivity contribution is 0.0661. The molecule has 116 valence electrons. The van der Waals surface area contributed by atoms with Crippen molar-refractivity contribution in [3.63, 3.8) is 0 Å². The molecule has 0 aromatic carbocycles. The second kappa shape index (κ2) is 6.89. The van der Waals surface area contributed by atoms with Crippen LogP contribution in [-0.4, -0.2) is 41.0 Å². The summed E-state index contributed by atoms with van der Waals surface area (Å²) in [6.07, 6.45) is 3.83. The molecular weight excluding hydrogens is 264 g/mol. The molecule has 1 amide bonds. The highest BCUT2D eigenvalue weighted by molar-refractivity contribution is 5.98. The van der Waals surface area contributed by atoms with Crippen LogP contribution in [0.25, 0.3) is 0 Å². The van der Waals surface area contributed by atoms with Crippen LogP contribution in [-0.2, 0) is 0 Å². The van der Waals surface area contributed by atoms with Crippen molar-refractivity contribution in [1.29, 1.82) is 0 Å². The molecule has 1 fully saturated rings. The third kappa shape index (κ3) is 3.94. The second-order valence-corrected chi connectivity index (χ2v) is 6.21. The number of likely N-dealkylation sites (tertiary alicyclic amines) is 1. The van der Waals surface area contributed by atoms with E-state index in [2.05, 4.69) is 10.3 Å². The molecule has 0 bridgehead atoms. The molecule has 21 heavy (non-hydrogen) atoms. The maximum absolute atomic E-state index is 12.8. The molecule has 2 rings (SSSR count). The summed E-state index contributed by atoms with van der Waals surface area (Å²) >= 11 is 0. The smallest absolute Gasteiger partial charge is 0.257 e. The van der Waals surface area contributed by atoms with Crippen LogP contribution in [0.5, 0.6) is 0 Å². The van der Waals surface area contributed by atoms with E-state index in [-0.39, 0.29) is 18.0 Å². The van der Waals surface area contributed by atoms with Crippen LogP contribution in [0.1, 0.15) is 44.0 Å². The number of pyridine rings is 1. The number of carbonyl (C=O) groups is 1. The molecule has 1 aromatic heterocycles. The Morgan fingerprint density at radius 1 is 1.48 bits per heavy atom. The van der Waals surface area contributed by atoms with Gasteiger partial charge in [0.2, 0.25) is 0 Å². The second-order valence-electron chi connectivity index (χ2n) is 6.21. The fourth-order valence-corrected chi connectivity index (χ4v) is 2.76. The number of piperidine rings is 1. The summed E-state index contributed by atoms with van der Waals surface area (Å²) in [6, 6.07) is 4.02. The normalized spacial score (nSPS) is 20.4. The zero-order valence-electron chi connectivity index (χ0n) is 13.2. The number of nitrogens with zero attached hydrogens (tertiary/aromatic N) is 2. The molecule has 1 saturated heterocycles. The van der Waals surface area contributed by atoms with Crippen molar-refractivity contribution in [3.8, 4) is 0 Å². The lowest BCUT2D eigenvalue weighted by Crippen LogP contribution is -2.45. The van der Waals surface area contributed by atoms with E-state index in [9.17, 15) is 4.79 Å². The highest BCUT2D eigenvalue weighted by Crippen LogP contribution is 2.22. The molecule has 1 aliphatic heterocycles. The minimum atomic E-state index is 0.0524. The number of amides is 1. The zero-order valence-corrected chi connectivity index (χ0v) is 13.2. The summed E-state index contributed by atoms with van der Waals surface area (Å²) in [5.41, 5.74) is 6.65. The Kier molecular flexibility index (Phi) is 5.17. The van der Waals surface area contributed by atoms with Gasteiger partial charge in [-0.25, -0.2) is 4.98 Å². The van der Waals surface area contributed by atoms with Gasteiger partial charge in [-0.1, -0.05) is 0 Å². The number of nitrogens with one attached hydrogen (secondary N) is 1. The molecule has 0 spiro atoms. The third-order valence-corrected chi connectivity index (χ3v) is 3.95. The van der Waals surface area contributed by atoms with Crippen LogP contribution in [0.15, 0.2) is 18.3 Å². The third-order valence-electron chi connectivity index (χ3n) is 3.95. The van der Waals surface area contributed by atoms with Crippen LogP contribution in [0.3, 0.4) is 0 Å². The van der Waals surface area contributed by atoms with E-state index in [1.54, 1.807) is 6.20 Å². The Balaban J connectivity index is 2.16. The molecule has 0 radical (unpaired) electrons. The van der Waals surface area contributed by atoms with Crippen LogP contribution in [0.2, 0.25) is 0 Å². The number of carbonyl (C=O) groups excluding carboxylic acids is 1. The monoisotopic (exact) mass is 290 g/mol. The van der Waals surface area contributed by atoms with Crippen LogP contribution in [0, 0.1) is 5.92 Å². The molecule has 5 nitrogen and oxygen atoms in total. The van der Waals surface area contributed by atoms with Crippen molar-refractivity contribution < 1.29 is 4.79 Å². The van der Waals surface area contributed by atoms with Gasteiger partial charge in [0, 0.05) is 31.4 Å². The maximum atomic E-state index is 12.8. The standard InChI is InChI=1S/C16H26N4O/c1-11(2)19-15-14(7-4-8-18-15)16(21)20-9-5-6-13(10-20)12(3)17/h4,7-8,11-13H,5-6,9-10,17H2,1-3H3,(H,18,19)/t12-,13-/m1/s1. The first kappa shape index (κ1) is 15.8. The van der Waals surface area contributed by atoms with Gasteiger partial charge < -0.3 is 16.0 Å². The highest BCUT2D eigenvalue weighted by Gasteiger charge is 2.27. The van der Waals surface area contributed by atoms with Gasteiger partial charge >= 0.3 is 0 Å². The van der Waals surface area contributed by atoms with Gasteiger partial charge in [0.1, 0.15) is 5.82 Å². The largest absolute Gasteiger partial charge is 0.367 e. The number of hydrogen-bond donors (Lipinski definition) is 2. The Morgan fingerprint density at radius 2 is 2.24 bits per heavy atom. The van der Waals surface area contributed by atoms with Gasteiger partial charge in [0.05, 0.1) is 5.56 Å². The minimum Gasteiger partial charge on any atom is -0.367 e. The molecule has 3 N–H and O–H groups in total. The predicted molar refractivity (Wildman–Crippen MR) is 85.3 cm³/mol. The Labute approximate surface area is 126 Å². The maximum Gasteiger partial charge on any atom is 0.257 e. The van der Waals surface area contributed by atoms with Gasteiger partial charge in [-0.3, -0.25) is 4.79 Å². The van der Waals surface area contributed by atoms with Crippen molar-refractivity contribution in [3.05, 3.63) is 23.9 Å². The minimum absolute atomic E-state index is 0.0524. The average Bonchev–Trinajstić information content (AvgIpc) is 2.46. The Morgan fingerprint density at radius 3 is 2.90 bits per heavy atom. The summed E-state index contributed by atoms with van der Waals surface area (Å²) in [6.45, 7) is 7.64. The van der Waals surface area contributed by atoms with E-state index in [0.29, 0.717) is 17.3 Å². The summed E-state index contributed by atoms with van der Waals surface area (Å²) in [5, 5.41) is 3.24. The first-order chi connectivity index (χ1) is 9.99. The molecule has 2 heterocycles. The van der Waals surface area contributed by atoms with Crippen LogP contribution >= 0.6 is 0 Å². The molecule has 2 atom stereocenters. The van der Waals surface area contributed by atoms with Crippen molar-refractivity contribution >= 4 is 11.7 Å². The van der Waals surface area contributed by atoms with Crippen molar-refractivity contribution in [2.24, 2.45) is 11.7 Å². The van der Waals surface area contributed by atoms with Crippen molar-refractivity contribution in [2.75, 3.05) is 18.4 Å². The first-order valence-corrected chi connectivity index (χ1v) is 7.75. The summed E-state index contributed by atoms with van der Waals surface area (Å²) in [5.74, 6) is 1.11. The molecule has 0 unspecified atom stereocenters. The van der Waals surface area contributed by atoms with Crippen LogP contribution in [0.4, 0.5) is 5.82 Å². The lowest BCUT2D eigenvalue weighted by Gasteiger charge is -2.35. The van der Waals surface area contributed by atoms with E-state index in [4.69, 9.17) is 5.73 Å². The van der Waals surface area contributed by atoms with E-state index < -0.39 is 0 Å². The van der Waals surface area contributed by atoms with Gasteiger partial charge in [-0.05, 0) is 51.7 Å². The number of anilines is 1. The topological polar surface area (TPSA) is 71.2 Å². The SMILES string of the molecule is CC(C)Nc1ncccc1C(=O)N1CCC[C@@H]([C@@H](C)N)C1. The first-order valence-electron chi connectivity index (χ1n) is 7.75. The summed E-state index contributed by atoms with van der Waals surface area (Å²) < 4.78 is 0. The molecule has 1 aliphatic rings. The molecule has 0 saturated carbocycles. The van der Waals surface area contributed by atoms with Gasteiger partial charge in [0.25, 0.3) is 5.91 Å². The Bertz CT molecular complexity index is 487. The van der Waals surface area contributed by atoms with E-state index in [0.717, 1.165) is 25.9 Å². The fourth-order valence-electron chi connectivity index (χ4n) is 2.76. The summed E-state index contributed by atoms with van der Waals surface area (Å²) in [4.78, 5) is 19.0. The number of aromatic nitrogens is 1. The Hall–Kier alpha value is -1.62. The number of nitrogens with two attached hydrogens (primary N) is 1. The van der Waals surface area contributed by atoms with Crippen molar-refractivity contribution in [2.45, 2.75) is 45.7 Å². The quantitative estimate of drug-likeness (QED) is 0.891. The predicted octanol–water partition coefficient (Wildman–Crippen LogP) is 2.10. The molecular formula is C16H26N4O. The zero-order chi connectivity index (χ0) is 15.4. The fraction of sp³-hybridized carbons (Fsp3) is 0.625. The van der Waals surface area contributed by atoms with E-state index >= 15 is 0 Å². The number of rotatable bonds is 4. The average molecular weight is 290 g/mol. The number of hydrogen-bond acceptors (Lipinski definition) is 4. The molecule has 0 aliphatic carbocycles. The molecule has 5 heteroatoms. The highest BCUT2D eigenvalue weighted by atomic mass is 16.2. The van der Waals surface area contributed by atoms with Gasteiger partial charge in [-0.2, -0.15) is 0 Å². The van der Waals surface area contributed by atoms with Gasteiger partial charge in [-0.15, -0.1) is 0 Å².